The van der Waals surface area contributed by atoms with E-state index in [1.165, 1.54) is 11.1 Å². The van der Waals surface area contributed by atoms with Crippen LogP contribution in [0.5, 0.6) is 0 Å². The molecule has 0 fully saturated rings. The summed E-state index contributed by atoms with van der Waals surface area (Å²) >= 11 is 0. The van der Waals surface area contributed by atoms with Crippen LogP contribution in [0.4, 0.5) is 5.69 Å². The molecule has 2 aromatic rings. The van der Waals surface area contributed by atoms with Gasteiger partial charge in [-0.1, -0.05) is 56.7 Å². The van der Waals surface area contributed by atoms with Crippen LogP contribution in [0.2, 0.25) is 0 Å². The van der Waals surface area contributed by atoms with Crippen molar-refractivity contribution in [2.75, 3.05) is 5.32 Å². The quantitative estimate of drug-likeness (QED) is 0.737. The highest BCUT2D eigenvalue weighted by molar-refractivity contribution is 6.04. The Morgan fingerprint density at radius 3 is 2.08 bits per heavy atom. The van der Waals surface area contributed by atoms with Crippen molar-refractivity contribution >= 4 is 17.2 Å². The molecular weight excluding hydrogens is 294 g/mol. The molecule has 0 saturated heterocycles. The molecule has 1 amide bonds. The average molecular weight is 321 g/mol. The van der Waals surface area contributed by atoms with Gasteiger partial charge in [0, 0.05) is 11.3 Å². The fourth-order valence-corrected chi connectivity index (χ4v) is 2.77. The van der Waals surface area contributed by atoms with Gasteiger partial charge >= 0.3 is 0 Å². The second kappa shape index (κ2) is 7.04. The lowest BCUT2D eigenvalue weighted by atomic mass is 9.91. The van der Waals surface area contributed by atoms with Crippen molar-refractivity contribution in [3.05, 3.63) is 70.8 Å². The smallest absolute Gasteiger partial charge is 0.255 e. The Kier molecular flexibility index (Phi) is 5.28. The van der Waals surface area contributed by atoms with Gasteiger partial charge in [0.15, 0.2) is 0 Å². The lowest BCUT2D eigenvalue weighted by Gasteiger charge is -2.15. The van der Waals surface area contributed by atoms with Crippen LogP contribution >= 0.6 is 0 Å². The summed E-state index contributed by atoms with van der Waals surface area (Å²) in [4.78, 5) is 12.4. The Morgan fingerprint density at radius 1 is 0.958 bits per heavy atom. The van der Waals surface area contributed by atoms with E-state index in [2.05, 4.69) is 45.2 Å². The van der Waals surface area contributed by atoms with Gasteiger partial charge in [-0.15, -0.1) is 0 Å². The van der Waals surface area contributed by atoms with Crippen LogP contribution in [0.25, 0.3) is 5.57 Å². The first-order valence-electron chi connectivity index (χ1n) is 8.34. The molecule has 0 spiro atoms. The number of carbonyl (C=O) groups is 1. The fraction of sp³-hybridized carbons (Fsp3) is 0.318. The molecule has 0 aliphatic rings. The van der Waals surface area contributed by atoms with Crippen LogP contribution in [-0.2, 0) is 0 Å². The Morgan fingerprint density at radius 2 is 1.54 bits per heavy atom. The van der Waals surface area contributed by atoms with Crippen molar-refractivity contribution in [2.45, 2.75) is 41.5 Å². The SMILES string of the molecule is CC(=CC(C)(C)C)c1ccc(C(=O)Nc2ccc(C)cc2C)cc1. The molecule has 0 aliphatic heterocycles. The number of allylic oxidation sites excluding steroid dienone is 2. The van der Waals surface area contributed by atoms with Crippen molar-refractivity contribution in [3.8, 4) is 0 Å². The molecule has 24 heavy (non-hydrogen) atoms. The molecule has 0 saturated carbocycles. The number of amides is 1. The zero-order valence-corrected chi connectivity index (χ0v) is 15.5. The first kappa shape index (κ1) is 18.0. The Balaban J connectivity index is 2.15. The molecule has 2 aromatic carbocycles. The van der Waals surface area contributed by atoms with Gasteiger partial charge in [-0.25, -0.2) is 0 Å². The topological polar surface area (TPSA) is 29.1 Å². The highest BCUT2D eigenvalue weighted by Gasteiger charge is 2.10. The molecule has 0 heterocycles. The molecule has 1 N–H and O–H groups in total. The monoisotopic (exact) mass is 321 g/mol. The Hall–Kier alpha value is -2.35. The average Bonchev–Trinajstić information content (AvgIpc) is 2.48. The zero-order valence-electron chi connectivity index (χ0n) is 15.5. The highest BCUT2D eigenvalue weighted by atomic mass is 16.1. The van der Waals surface area contributed by atoms with Crippen molar-refractivity contribution in [2.24, 2.45) is 5.41 Å². The number of anilines is 1. The van der Waals surface area contributed by atoms with Gasteiger partial charge in [0.25, 0.3) is 5.91 Å². The molecule has 2 rings (SSSR count). The second-order valence-corrected chi connectivity index (χ2v) is 7.54. The molecule has 0 aromatic heterocycles. The summed E-state index contributed by atoms with van der Waals surface area (Å²) in [6.07, 6.45) is 2.25. The number of hydrogen-bond acceptors (Lipinski definition) is 1. The summed E-state index contributed by atoms with van der Waals surface area (Å²) in [5.41, 5.74) is 6.31. The highest BCUT2D eigenvalue weighted by Crippen LogP contribution is 2.24. The van der Waals surface area contributed by atoms with Crippen LogP contribution < -0.4 is 5.32 Å². The van der Waals surface area contributed by atoms with Gasteiger partial charge in [-0.2, -0.15) is 0 Å². The van der Waals surface area contributed by atoms with Crippen molar-refractivity contribution in [3.63, 3.8) is 0 Å². The third-order valence-corrected chi connectivity index (χ3v) is 3.88. The van der Waals surface area contributed by atoms with E-state index in [-0.39, 0.29) is 11.3 Å². The summed E-state index contributed by atoms with van der Waals surface area (Å²) in [6.45, 7) is 12.7. The third-order valence-electron chi connectivity index (χ3n) is 3.88. The summed E-state index contributed by atoms with van der Waals surface area (Å²) < 4.78 is 0. The number of benzene rings is 2. The number of nitrogens with one attached hydrogen (secondary N) is 1. The standard InChI is InChI=1S/C22H27NO/c1-15-7-12-20(16(2)13-15)23-21(24)19-10-8-18(9-11-19)17(3)14-22(4,5)6/h7-14H,1-6H3,(H,23,24). The van der Waals surface area contributed by atoms with Crippen LogP contribution in [0.3, 0.4) is 0 Å². The van der Waals surface area contributed by atoms with Gasteiger partial charge in [0.05, 0.1) is 0 Å². The summed E-state index contributed by atoms with van der Waals surface area (Å²) in [5, 5.41) is 2.99. The third kappa shape index (κ3) is 4.82. The van der Waals surface area contributed by atoms with Crippen molar-refractivity contribution in [1.29, 1.82) is 0 Å². The molecule has 0 bridgehead atoms. The van der Waals surface area contributed by atoms with E-state index in [4.69, 9.17) is 0 Å². The molecule has 0 unspecified atom stereocenters. The van der Waals surface area contributed by atoms with Gasteiger partial charge in [-0.05, 0) is 61.1 Å². The van der Waals surface area contributed by atoms with Crippen LogP contribution in [0.1, 0.15) is 54.7 Å². The Bertz CT molecular complexity index is 762. The predicted octanol–water partition coefficient (Wildman–Crippen LogP) is 6.01. The Labute approximate surface area is 145 Å². The summed E-state index contributed by atoms with van der Waals surface area (Å²) in [7, 11) is 0. The maximum Gasteiger partial charge on any atom is 0.255 e. The maximum atomic E-state index is 12.4. The zero-order chi connectivity index (χ0) is 17.9. The number of hydrogen-bond donors (Lipinski definition) is 1. The molecule has 0 aliphatic carbocycles. The van der Waals surface area contributed by atoms with Crippen LogP contribution in [0, 0.1) is 19.3 Å². The maximum absolute atomic E-state index is 12.4. The van der Waals surface area contributed by atoms with Gasteiger partial charge < -0.3 is 5.32 Å². The number of carbonyl (C=O) groups excluding carboxylic acids is 1. The van der Waals surface area contributed by atoms with E-state index in [9.17, 15) is 4.79 Å². The van der Waals surface area contributed by atoms with E-state index < -0.39 is 0 Å². The lowest BCUT2D eigenvalue weighted by molar-refractivity contribution is 0.102. The lowest BCUT2D eigenvalue weighted by Crippen LogP contribution is -2.12. The normalized spacial score (nSPS) is 12.2. The van der Waals surface area contributed by atoms with Crippen LogP contribution in [-0.4, -0.2) is 5.91 Å². The molecule has 2 heteroatoms. The van der Waals surface area contributed by atoms with E-state index in [0.29, 0.717) is 5.56 Å². The summed E-state index contributed by atoms with van der Waals surface area (Å²) in [5.74, 6) is -0.0778. The largest absolute Gasteiger partial charge is 0.322 e. The van der Waals surface area contributed by atoms with E-state index in [0.717, 1.165) is 16.8 Å². The number of aryl methyl sites for hydroxylation is 2. The van der Waals surface area contributed by atoms with Gasteiger partial charge in [-0.3, -0.25) is 4.79 Å². The first-order valence-corrected chi connectivity index (χ1v) is 8.34. The van der Waals surface area contributed by atoms with Gasteiger partial charge in [0.1, 0.15) is 0 Å². The molecular formula is C22H27NO. The van der Waals surface area contributed by atoms with Gasteiger partial charge in [0.2, 0.25) is 0 Å². The molecule has 2 nitrogen and oxygen atoms in total. The minimum Gasteiger partial charge on any atom is -0.322 e. The second-order valence-electron chi connectivity index (χ2n) is 7.54. The van der Waals surface area contributed by atoms with Crippen molar-refractivity contribution < 1.29 is 4.79 Å². The number of rotatable bonds is 3. The minimum absolute atomic E-state index is 0.0778. The molecule has 126 valence electrons. The van der Waals surface area contributed by atoms with E-state index in [1.54, 1.807) is 0 Å². The minimum atomic E-state index is -0.0778. The molecule has 0 radical (unpaired) electrons. The first-order chi connectivity index (χ1) is 11.2. The van der Waals surface area contributed by atoms with Crippen LogP contribution in [0.15, 0.2) is 48.5 Å². The fourth-order valence-electron chi connectivity index (χ4n) is 2.77. The summed E-state index contributed by atoms with van der Waals surface area (Å²) in [6, 6.07) is 13.8. The predicted molar refractivity (Wildman–Crippen MR) is 103 cm³/mol. The van der Waals surface area contributed by atoms with Crippen molar-refractivity contribution in [1.82, 2.24) is 0 Å². The molecule has 0 atom stereocenters. The van der Waals surface area contributed by atoms with E-state index in [1.807, 2.05) is 50.2 Å². The van der Waals surface area contributed by atoms with E-state index >= 15 is 0 Å².